The van der Waals surface area contributed by atoms with Crippen LogP contribution in [0.25, 0.3) is 0 Å². The number of amides is 1. The van der Waals surface area contributed by atoms with Gasteiger partial charge in [0, 0.05) is 11.8 Å². The van der Waals surface area contributed by atoms with Gasteiger partial charge < -0.3 is 21.3 Å². The van der Waals surface area contributed by atoms with Gasteiger partial charge in [0.1, 0.15) is 6.54 Å². The summed E-state index contributed by atoms with van der Waals surface area (Å²) in [7, 11) is 0. The third-order valence-electron chi connectivity index (χ3n) is 3.27. The number of thioether (sulfide) groups is 1. The number of carboxylic acid groups (broad SMARTS) is 2. The molecular formula is C13H11F11N2O5S. The van der Waals surface area contributed by atoms with Crippen molar-refractivity contribution >= 4 is 29.6 Å². The number of carbonyl (C=O) groups is 3. The van der Waals surface area contributed by atoms with Gasteiger partial charge in [-0.3, -0.25) is 9.59 Å². The molecule has 186 valence electrons. The molecule has 0 saturated carbocycles. The maximum Gasteiger partial charge on any atom is 0.460 e. The Morgan fingerprint density at radius 3 is 1.72 bits per heavy atom. The largest absolute Gasteiger partial charge is 0.480 e. The molecule has 0 heterocycles. The van der Waals surface area contributed by atoms with Gasteiger partial charge in [-0.05, 0) is 0 Å². The fourth-order valence-electron chi connectivity index (χ4n) is 1.61. The summed E-state index contributed by atoms with van der Waals surface area (Å²) in [5, 5.41) is 18.4. The van der Waals surface area contributed by atoms with Gasteiger partial charge in [-0.1, -0.05) is 0 Å². The Morgan fingerprint density at radius 1 is 0.875 bits per heavy atom. The average molecular weight is 516 g/mol. The summed E-state index contributed by atoms with van der Waals surface area (Å²) < 4.78 is 144. The number of alkyl halides is 11. The lowest BCUT2D eigenvalue weighted by molar-refractivity contribution is -0.417. The summed E-state index contributed by atoms with van der Waals surface area (Å²) in [5.41, 5.74) is 5.10. The Kier molecular flexibility index (Phi) is 8.97. The monoisotopic (exact) mass is 516 g/mol. The summed E-state index contributed by atoms with van der Waals surface area (Å²) >= 11 is -0.854. The van der Waals surface area contributed by atoms with Gasteiger partial charge in [0.25, 0.3) is 0 Å². The van der Waals surface area contributed by atoms with Crippen LogP contribution in [0.4, 0.5) is 48.3 Å². The average Bonchev–Trinajstić information content (AvgIpc) is 2.60. The van der Waals surface area contributed by atoms with Gasteiger partial charge in [0.05, 0.1) is 10.9 Å². The van der Waals surface area contributed by atoms with E-state index in [4.69, 9.17) is 15.9 Å². The second kappa shape index (κ2) is 9.67. The van der Waals surface area contributed by atoms with Gasteiger partial charge in [-0.15, -0.1) is 11.8 Å². The highest BCUT2D eigenvalue weighted by Crippen LogP contribution is 2.59. The molecule has 0 rings (SSSR count). The Labute approximate surface area is 173 Å². The van der Waals surface area contributed by atoms with Gasteiger partial charge in [0.15, 0.2) is 0 Å². The lowest BCUT2D eigenvalue weighted by Gasteiger charge is -2.37. The Hall–Kier alpha value is -2.31. The first-order valence-corrected chi connectivity index (χ1v) is 8.43. The molecule has 0 radical (unpaired) electrons. The third kappa shape index (κ3) is 5.93. The number of rotatable bonds is 11. The van der Waals surface area contributed by atoms with Crippen molar-refractivity contribution in [3.8, 4) is 0 Å². The molecule has 0 saturated heterocycles. The minimum atomic E-state index is -7.76. The van der Waals surface area contributed by atoms with Crippen molar-refractivity contribution in [2.45, 2.75) is 35.9 Å². The van der Waals surface area contributed by atoms with E-state index < -0.39 is 88.8 Å². The van der Waals surface area contributed by atoms with Crippen LogP contribution in [0, 0.1) is 0 Å². The van der Waals surface area contributed by atoms with Crippen molar-refractivity contribution in [3.05, 3.63) is 11.0 Å². The minimum Gasteiger partial charge on any atom is -0.480 e. The summed E-state index contributed by atoms with van der Waals surface area (Å²) in [6, 6.07) is -2.06. The molecule has 1 unspecified atom stereocenters. The summed E-state index contributed by atoms with van der Waals surface area (Å²) in [5.74, 6) is -36.5. The molecule has 1 atom stereocenters. The fourth-order valence-corrected chi connectivity index (χ4v) is 2.62. The van der Waals surface area contributed by atoms with Crippen LogP contribution >= 0.6 is 11.8 Å². The Morgan fingerprint density at radius 2 is 1.34 bits per heavy atom. The molecule has 0 bridgehead atoms. The molecule has 32 heavy (non-hydrogen) atoms. The number of halogens is 11. The Balaban J connectivity index is 6.06. The standard InChI is InChI=1S/C13H11F11N2O5S/c14-9(15,10(16,17)11(18,19)12(20,21)13(22,23)24)5(1-6(27)28)32-3-4(25)8(31)26-2-7(29)30/h1,4H,2-3,25H2,(H,26,31)(H,27,28)(H,29,30)/b5-1-. The molecule has 5 N–H and O–H groups in total. The number of carboxylic acids is 2. The van der Waals surface area contributed by atoms with E-state index in [0.29, 0.717) is 0 Å². The number of carbonyl (C=O) groups excluding carboxylic acids is 1. The van der Waals surface area contributed by atoms with Crippen molar-refractivity contribution in [1.82, 2.24) is 5.32 Å². The van der Waals surface area contributed by atoms with Gasteiger partial charge in [-0.2, -0.15) is 48.3 Å². The molecule has 1 amide bonds. The number of hydrogen-bond acceptors (Lipinski definition) is 5. The van der Waals surface area contributed by atoms with Crippen LogP contribution in [0.15, 0.2) is 11.0 Å². The lowest BCUT2D eigenvalue weighted by Crippen LogP contribution is -2.66. The maximum atomic E-state index is 14.0. The highest BCUT2D eigenvalue weighted by Gasteiger charge is 2.87. The smallest absolute Gasteiger partial charge is 0.460 e. The van der Waals surface area contributed by atoms with Gasteiger partial charge in [-0.25, -0.2) is 4.79 Å². The van der Waals surface area contributed by atoms with Crippen LogP contribution in [-0.2, 0) is 14.4 Å². The van der Waals surface area contributed by atoms with Gasteiger partial charge in [0.2, 0.25) is 5.91 Å². The van der Waals surface area contributed by atoms with E-state index in [0.717, 1.165) is 0 Å². The molecule has 0 aliphatic carbocycles. The number of hydrogen-bond donors (Lipinski definition) is 4. The van der Waals surface area contributed by atoms with E-state index in [-0.39, 0.29) is 0 Å². The highest BCUT2D eigenvalue weighted by molar-refractivity contribution is 8.03. The molecule has 7 nitrogen and oxygen atoms in total. The molecule has 19 heteroatoms. The quantitative estimate of drug-likeness (QED) is 0.245. The van der Waals surface area contributed by atoms with Crippen molar-refractivity contribution < 1.29 is 72.9 Å². The first kappa shape index (κ1) is 29.7. The van der Waals surface area contributed by atoms with Crippen LogP contribution in [0.5, 0.6) is 0 Å². The van der Waals surface area contributed by atoms with E-state index in [1.807, 2.05) is 0 Å². The summed E-state index contributed by atoms with van der Waals surface area (Å²) in [4.78, 5) is 29.6. The first-order valence-electron chi connectivity index (χ1n) is 7.45. The molecule has 0 aliphatic rings. The predicted octanol–water partition coefficient (Wildman–Crippen LogP) is 2.32. The van der Waals surface area contributed by atoms with Crippen LogP contribution < -0.4 is 11.1 Å². The SMILES string of the molecule is NC(CS/C(=C\C(=O)O)C(F)(F)C(F)(F)C(F)(F)C(F)(F)C(F)(F)F)C(=O)NCC(=O)O. The van der Waals surface area contributed by atoms with Crippen LogP contribution in [0.2, 0.25) is 0 Å². The van der Waals surface area contributed by atoms with E-state index in [9.17, 15) is 62.7 Å². The van der Waals surface area contributed by atoms with Crippen molar-refractivity contribution in [1.29, 1.82) is 0 Å². The number of nitrogens with one attached hydrogen (secondary N) is 1. The zero-order valence-electron chi connectivity index (χ0n) is 14.8. The number of nitrogens with two attached hydrogens (primary N) is 1. The molecule has 0 aromatic rings. The fraction of sp³-hybridized carbons (Fsp3) is 0.615. The van der Waals surface area contributed by atoms with Crippen molar-refractivity contribution in [2.24, 2.45) is 5.73 Å². The predicted molar refractivity (Wildman–Crippen MR) is 82.6 cm³/mol. The van der Waals surface area contributed by atoms with E-state index >= 15 is 0 Å². The van der Waals surface area contributed by atoms with E-state index in [2.05, 4.69) is 0 Å². The van der Waals surface area contributed by atoms with Crippen molar-refractivity contribution in [3.63, 3.8) is 0 Å². The molecule has 0 spiro atoms. The normalized spacial score (nSPS) is 15.3. The summed E-state index contributed by atoms with van der Waals surface area (Å²) in [6.07, 6.45) is -8.29. The lowest BCUT2D eigenvalue weighted by atomic mass is 9.97. The molecule has 0 aromatic carbocycles. The van der Waals surface area contributed by atoms with E-state index in [1.54, 1.807) is 5.32 Å². The second-order valence-electron chi connectivity index (χ2n) is 5.67. The third-order valence-corrected chi connectivity index (χ3v) is 4.48. The molecule has 0 fully saturated rings. The second-order valence-corrected chi connectivity index (χ2v) is 6.73. The Bertz CT molecular complexity index is 770. The van der Waals surface area contributed by atoms with E-state index in [1.165, 1.54) is 0 Å². The van der Waals surface area contributed by atoms with Crippen molar-refractivity contribution in [2.75, 3.05) is 12.3 Å². The molecular weight excluding hydrogens is 505 g/mol. The zero-order valence-corrected chi connectivity index (χ0v) is 15.6. The number of aliphatic carboxylic acids is 2. The minimum absolute atomic E-state index is 0.854. The summed E-state index contributed by atoms with van der Waals surface area (Å²) in [6.45, 7) is -1.07. The van der Waals surface area contributed by atoms with Crippen LogP contribution in [0.1, 0.15) is 0 Å². The topological polar surface area (TPSA) is 130 Å². The van der Waals surface area contributed by atoms with Crippen LogP contribution in [-0.4, -0.2) is 76.3 Å². The maximum absolute atomic E-state index is 14.0. The molecule has 0 aromatic heterocycles. The number of allylic oxidation sites excluding steroid dienone is 1. The first-order chi connectivity index (χ1) is 14.0. The molecule has 0 aliphatic heterocycles. The van der Waals surface area contributed by atoms with Gasteiger partial charge >= 0.3 is 41.8 Å². The highest BCUT2D eigenvalue weighted by atomic mass is 32.2. The zero-order chi connectivity index (χ0) is 25.9. The van der Waals surface area contributed by atoms with Crippen LogP contribution in [0.3, 0.4) is 0 Å².